The van der Waals surface area contributed by atoms with Crippen molar-refractivity contribution in [1.82, 2.24) is 0 Å². The van der Waals surface area contributed by atoms with Crippen LogP contribution in [0.15, 0.2) is 97.1 Å². The van der Waals surface area contributed by atoms with Crippen molar-refractivity contribution in [2.24, 2.45) is 0 Å². The van der Waals surface area contributed by atoms with Gasteiger partial charge in [-0.2, -0.15) is 0 Å². The molecule has 0 aromatic heterocycles. The summed E-state index contributed by atoms with van der Waals surface area (Å²) in [6.07, 6.45) is -1.93. The van der Waals surface area contributed by atoms with E-state index in [9.17, 15) is 19.2 Å². The molecule has 4 rings (SSSR count). The maximum Gasteiger partial charge on any atom is 0.339 e. The molecule has 0 fully saturated rings. The van der Waals surface area contributed by atoms with E-state index in [1.54, 1.807) is 12.1 Å². The van der Waals surface area contributed by atoms with E-state index >= 15 is 0 Å². The van der Waals surface area contributed by atoms with Crippen LogP contribution >= 0.6 is 136 Å². The number of para-hydroxylation sites is 2. The molecule has 0 aliphatic carbocycles. The Bertz CT molecular complexity index is 2100. The highest BCUT2D eigenvalue weighted by Crippen LogP contribution is 2.41. The van der Waals surface area contributed by atoms with Gasteiger partial charge < -0.3 is 28.4 Å². The van der Waals surface area contributed by atoms with Gasteiger partial charge in [-0.15, -0.1) is 0 Å². The Morgan fingerprint density at radius 3 is 1.29 bits per heavy atom. The smallest absolute Gasteiger partial charge is 0.339 e. The molecule has 0 saturated carbocycles. The fourth-order valence-corrected chi connectivity index (χ4v) is 10.1. The van der Waals surface area contributed by atoms with Crippen LogP contribution in [0, 0.1) is 21.4 Å². The van der Waals surface area contributed by atoms with E-state index in [1.807, 2.05) is 74.5 Å². The average Bonchev–Trinajstić information content (AvgIpc) is 3.19. The number of hydrogen-bond donors (Lipinski definition) is 0. The van der Waals surface area contributed by atoms with Crippen molar-refractivity contribution in [3.05, 3.63) is 141 Å². The van der Waals surface area contributed by atoms with Gasteiger partial charge in [-0.05, 0) is 186 Å². The fraction of sp³-hybridized carbons (Fsp3) is 0.256. The van der Waals surface area contributed by atoms with Gasteiger partial charge in [-0.1, -0.05) is 63.4 Å². The Hall–Kier alpha value is -1.78. The van der Waals surface area contributed by atoms with Gasteiger partial charge in [0.2, 0.25) is 0 Å². The molecule has 59 heavy (non-hydrogen) atoms. The lowest BCUT2D eigenvalue weighted by Gasteiger charge is -2.31. The molecule has 312 valence electrons. The number of ether oxygens (including phenoxy) is 6. The zero-order valence-electron chi connectivity index (χ0n) is 32.2. The van der Waals surface area contributed by atoms with Gasteiger partial charge in [0, 0.05) is 49.1 Å². The molecule has 2 atom stereocenters. The number of rotatable bonds is 18. The van der Waals surface area contributed by atoms with Gasteiger partial charge in [0.05, 0.1) is 11.1 Å². The zero-order chi connectivity index (χ0) is 43.6. The number of esters is 4. The summed E-state index contributed by atoms with van der Waals surface area (Å²) in [4.78, 5) is 51.7. The van der Waals surface area contributed by atoms with Gasteiger partial charge in [0.15, 0.2) is 12.2 Å². The van der Waals surface area contributed by atoms with Crippen LogP contribution in [0.4, 0.5) is 0 Å². The molecule has 4 aromatic carbocycles. The monoisotopic (exact) mass is 1480 g/mol. The number of halogens is 6. The molecule has 2 unspecified atom stereocenters. The second-order valence-electron chi connectivity index (χ2n) is 13.5. The van der Waals surface area contributed by atoms with Crippen LogP contribution in [-0.4, -0.2) is 62.5 Å². The first-order valence-corrected chi connectivity index (χ1v) is 24.1. The summed E-state index contributed by atoms with van der Waals surface area (Å²) in [5, 5.41) is 0. The van der Waals surface area contributed by atoms with Gasteiger partial charge in [0.25, 0.3) is 0 Å². The van der Waals surface area contributed by atoms with Gasteiger partial charge in [0.1, 0.15) is 37.9 Å². The van der Waals surface area contributed by atoms with Crippen LogP contribution in [0.1, 0.15) is 59.5 Å². The SMILES string of the molecule is C=C(C)C(=O)OCC(COc1ccccc1C(C)(C)c1ccccc1OCC(COC(=O)C(=C)C)OC(=O)c1cc(I)cc(I)c1I)OC(=O)c1cc(I)cc(I)c1I. The topological polar surface area (TPSA) is 124 Å². The lowest BCUT2D eigenvalue weighted by molar-refractivity contribution is -0.143. The predicted octanol–water partition coefficient (Wildman–Crippen LogP) is 11.1. The second-order valence-corrected chi connectivity index (χ2v) is 20.5. The maximum absolute atomic E-state index is 13.5. The lowest BCUT2D eigenvalue weighted by Crippen LogP contribution is -2.32. The van der Waals surface area contributed by atoms with Crippen molar-refractivity contribution in [3.8, 4) is 11.5 Å². The summed E-state index contributed by atoms with van der Waals surface area (Å²) in [5.74, 6) is -1.39. The molecule has 0 bridgehead atoms. The number of hydrogen-bond acceptors (Lipinski definition) is 10. The van der Waals surface area contributed by atoms with Crippen molar-refractivity contribution in [1.29, 1.82) is 0 Å². The Labute approximate surface area is 425 Å². The highest BCUT2D eigenvalue weighted by Gasteiger charge is 2.31. The molecule has 16 heteroatoms. The first-order chi connectivity index (χ1) is 27.8. The van der Waals surface area contributed by atoms with E-state index in [0.717, 1.165) is 32.5 Å². The van der Waals surface area contributed by atoms with E-state index in [1.165, 1.54) is 13.8 Å². The quantitative estimate of drug-likeness (QED) is 0.0313. The van der Waals surface area contributed by atoms with E-state index in [-0.39, 0.29) is 37.6 Å². The van der Waals surface area contributed by atoms with Crippen molar-refractivity contribution >= 4 is 159 Å². The zero-order valence-corrected chi connectivity index (χ0v) is 45.1. The molecular weight excluding hydrogens is 1440 g/mol. The first kappa shape index (κ1) is 49.9. The molecule has 0 aliphatic heterocycles. The fourth-order valence-electron chi connectivity index (χ4n) is 5.38. The van der Waals surface area contributed by atoms with Crippen LogP contribution in [-0.2, 0) is 34.0 Å². The second kappa shape index (κ2) is 23.1. The van der Waals surface area contributed by atoms with Crippen LogP contribution in [0.3, 0.4) is 0 Å². The highest BCUT2D eigenvalue weighted by molar-refractivity contribution is 14.1. The van der Waals surface area contributed by atoms with E-state index < -0.39 is 41.5 Å². The number of carbonyl (C=O) groups is 4. The minimum Gasteiger partial charge on any atom is -0.489 e. The van der Waals surface area contributed by atoms with E-state index in [4.69, 9.17) is 28.4 Å². The highest BCUT2D eigenvalue weighted by atomic mass is 127. The van der Waals surface area contributed by atoms with Crippen molar-refractivity contribution in [3.63, 3.8) is 0 Å². The van der Waals surface area contributed by atoms with Crippen LogP contribution in [0.5, 0.6) is 11.5 Å². The van der Waals surface area contributed by atoms with Gasteiger partial charge in [-0.3, -0.25) is 0 Å². The molecule has 0 radical (unpaired) electrons. The summed E-state index contributed by atoms with van der Waals surface area (Å²) in [6.45, 7) is 13.6. The standard InChI is InChI=1S/C43H38I6O10/c1-23(2)39(50)56-21-27(58-41(52)29-15-25(44)17-33(46)37(29)48)19-54-35-13-9-7-11-31(35)43(5,6)32-12-8-10-14-36(32)55-20-28(22-57-40(51)24(3)4)59-42(53)30-16-26(45)18-34(47)38(30)49/h7-18,27-28H,1,3,19-22H2,2,4-6H3. The Kier molecular flexibility index (Phi) is 19.5. The summed E-state index contributed by atoms with van der Waals surface area (Å²) in [5.41, 5.74) is 2.01. The molecule has 0 heterocycles. The van der Waals surface area contributed by atoms with Gasteiger partial charge in [-0.25, -0.2) is 19.2 Å². The third kappa shape index (κ3) is 14.1. The normalized spacial score (nSPS) is 12.1. The lowest BCUT2D eigenvalue weighted by atomic mass is 9.77. The predicted molar refractivity (Wildman–Crippen MR) is 275 cm³/mol. The Morgan fingerprint density at radius 1 is 0.576 bits per heavy atom. The van der Waals surface area contributed by atoms with Crippen LogP contribution in [0.25, 0.3) is 0 Å². The van der Waals surface area contributed by atoms with E-state index in [2.05, 4.69) is 149 Å². The third-order valence-corrected chi connectivity index (χ3v) is 15.8. The van der Waals surface area contributed by atoms with Crippen molar-refractivity contribution in [2.75, 3.05) is 26.4 Å². The maximum atomic E-state index is 13.5. The Morgan fingerprint density at radius 2 is 0.932 bits per heavy atom. The number of carbonyl (C=O) groups excluding carboxylic acids is 4. The summed E-state index contributed by atoms with van der Waals surface area (Å²) < 4.78 is 40.5. The van der Waals surface area contributed by atoms with E-state index in [0.29, 0.717) is 22.6 Å². The average molecular weight is 1480 g/mol. The Balaban J connectivity index is 1.59. The molecule has 10 nitrogen and oxygen atoms in total. The minimum absolute atomic E-state index is 0.132. The van der Waals surface area contributed by atoms with Crippen molar-refractivity contribution < 1.29 is 47.6 Å². The largest absolute Gasteiger partial charge is 0.489 e. The van der Waals surface area contributed by atoms with Crippen molar-refractivity contribution in [2.45, 2.75) is 45.3 Å². The summed E-state index contributed by atoms with van der Waals surface area (Å²) in [7, 11) is 0. The summed E-state index contributed by atoms with van der Waals surface area (Å²) >= 11 is 12.8. The minimum atomic E-state index is -0.964. The number of benzene rings is 4. The van der Waals surface area contributed by atoms with Crippen LogP contribution in [0.2, 0.25) is 0 Å². The molecular formula is C43H38I6O10. The molecule has 0 saturated heterocycles. The molecule has 0 aliphatic rings. The van der Waals surface area contributed by atoms with Crippen LogP contribution < -0.4 is 9.47 Å². The third-order valence-electron chi connectivity index (χ3n) is 8.44. The molecule has 4 aromatic rings. The molecule has 0 amide bonds. The molecule has 0 N–H and O–H groups in total. The summed E-state index contributed by atoms with van der Waals surface area (Å²) in [6, 6.07) is 22.3. The van der Waals surface area contributed by atoms with Gasteiger partial charge >= 0.3 is 23.9 Å². The molecule has 0 spiro atoms. The first-order valence-electron chi connectivity index (χ1n) is 17.6.